The summed E-state index contributed by atoms with van der Waals surface area (Å²) in [6.07, 6.45) is 1.97. The van der Waals surface area contributed by atoms with Gasteiger partial charge >= 0.3 is 6.09 Å². The molecule has 0 saturated carbocycles. The molecule has 1 aromatic carbocycles. The minimum Gasteiger partial charge on any atom is -0.445 e. The van der Waals surface area contributed by atoms with Gasteiger partial charge in [0.15, 0.2) is 0 Å². The first-order valence-corrected chi connectivity index (χ1v) is 6.98. The number of hydrogen-bond acceptors (Lipinski definition) is 3. The zero-order valence-corrected chi connectivity index (χ0v) is 11.5. The third-order valence-electron chi connectivity index (χ3n) is 3.38. The van der Waals surface area contributed by atoms with Crippen LogP contribution in [-0.4, -0.2) is 36.7 Å². The Labute approximate surface area is 114 Å². The van der Waals surface area contributed by atoms with Gasteiger partial charge in [0, 0.05) is 19.1 Å². The van der Waals surface area contributed by atoms with Crippen LogP contribution in [0.15, 0.2) is 30.3 Å². The highest BCUT2D eigenvalue weighted by Gasteiger charge is 2.23. The lowest BCUT2D eigenvalue weighted by atomic mass is 10.1. The summed E-state index contributed by atoms with van der Waals surface area (Å²) in [4.78, 5) is 13.8. The second kappa shape index (κ2) is 7.14. The molecule has 1 fully saturated rings. The molecule has 104 valence electrons. The number of piperidine rings is 1. The maximum atomic E-state index is 12.0. The fourth-order valence-electron chi connectivity index (χ4n) is 2.41. The number of carbonyl (C=O) groups excluding carboxylic acids is 1. The predicted molar refractivity (Wildman–Crippen MR) is 74.9 cm³/mol. The van der Waals surface area contributed by atoms with Crippen molar-refractivity contribution in [1.82, 2.24) is 10.2 Å². The number of likely N-dealkylation sites (tertiary alicyclic amines) is 1. The van der Waals surface area contributed by atoms with Crippen molar-refractivity contribution in [2.45, 2.75) is 32.4 Å². The van der Waals surface area contributed by atoms with Crippen LogP contribution in [0, 0.1) is 0 Å². The summed E-state index contributed by atoms with van der Waals surface area (Å²) in [5, 5.41) is 3.39. The van der Waals surface area contributed by atoms with Crippen molar-refractivity contribution >= 4 is 6.09 Å². The number of amides is 1. The van der Waals surface area contributed by atoms with Gasteiger partial charge in [0.1, 0.15) is 6.61 Å². The highest BCUT2D eigenvalue weighted by Crippen LogP contribution is 2.12. The Morgan fingerprint density at radius 1 is 1.42 bits per heavy atom. The van der Waals surface area contributed by atoms with Gasteiger partial charge in [-0.25, -0.2) is 4.79 Å². The molecule has 1 aliphatic rings. The molecule has 4 nitrogen and oxygen atoms in total. The topological polar surface area (TPSA) is 41.6 Å². The third kappa shape index (κ3) is 4.24. The zero-order valence-electron chi connectivity index (χ0n) is 11.5. The minimum absolute atomic E-state index is 0.202. The van der Waals surface area contributed by atoms with Gasteiger partial charge in [0.05, 0.1) is 0 Å². The highest BCUT2D eigenvalue weighted by molar-refractivity contribution is 5.67. The molecule has 1 amide bonds. The molecule has 0 unspecified atom stereocenters. The van der Waals surface area contributed by atoms with Gasteiger partial charge in [-0.3, -0.25) is 0 Å². The lowest BCUT2D eigenvalue weighted by Crippen LogP contribution is -2.48. The van der Waals surface area contributed by atoms with Crippen molar-refractivity contribution in [3.05, 3.63) is 35.9 Å². The lowest BCUT2D eigenvalue weighted by molar-refractivity contribution is 0.0835. The first kappa shape index (κ1) is 13.9. The van der Waals surface area contributed by atoms with E-state index in [0.717, 1.165) is 38.0 Å². The SMILES string of the molecule is CCN[C@H]1CCCN(C(=O)OCc2ccccc2)C1. The van der Waals surface area contributed by atoms with E-state index >= 15 is 0 Å². The molecule has 1 atom stereocenters. The van der Waals surface area contributed by atoms with Crippen LogP contribution in [0.2, 0.25) is 0 Å². The Morgan fingerprint density at radius 2 is 2.21 bits per heavy atom. The van der Waals surface area contributed by atoms with E-state index in [0.29, 0.717) is 12.6 Å². The van der Waals surface area contributed by atoms with Gasteiger partial charge in [-0.2, -0.15) is 0 Å². The van der Waals surface area contributed by atoms with Crippen LogP contribution in [0.3, 0.4) is 0 Å². The second-order valence-corrected chi connectivity index (χ2v) is 4.88. The van der Waals surface area contributed by atoms with E-state index in [1.807, 2.05) is 30.3 Å². The number of hydrogen-bond donors (Lipinski definition) is 1. The van der Waals surface area contributed by atoms with E-state index < -0.39 is 0 Å². The molecule has 0 aromatic heterocycles. The highest BCUT2D eigenvalue weighted by atomic mass is 16.6. The van der Waals surface area contributed by atoms with Gasteiger partial charge in [-0.05, 0) is 24.9 Å². The van der Waals surface area contributed by atoms with Crippen molar-refractivity contribution in [1.29, 1.82) is 0 Å². The van der Waals surface area contributed by atoms with E-state index in [4.69, 9.17) is 4.74 Å². The van der Waals surface area contributed by atoms with Crippen molar-refractivity contribution in [2.75, 3.05) is 19.6 Å². The molecule has 1 saturated heterocycles. The number of nitrogens with zero attached hydrogens (tertiary/aromatic N) is 1. The molecule has 1 aliphatic heterocycles. The molecular weight excluding hydrogens is 240 g/mol. The first-order chi connectivity index (χ1) is 9.29. The standard InChI is InChI=1S/C15H22N2O2/c1-2-16-14-9-6-10-17(11-14)15(18)19-12-13-7-4-3-5-8-13/h3-5,7-8,14,16H,2,6,9-12H2,1H3/t14-/m0/s1. The van der Waals surface area contributed by atoms with E-state index in [1.165, 1.54) is 0 Å². The zero-order chi connectivity index (χ0) is 13.5. The second-order valence-electron chi connectivity index (χ2n) is 4.88. The average Bonchev–Trinajstić information content (AvgIpc) is 2.46. The fourth-order valence-corrected chi connectivity index (χ4v) is 2.41. The molecule has 4 heteroatoms. The van der Waals surface area contributed by atoms with Crippen LogP contribution in [0.4, 0.5) is 4.79 Å². The minimum atomic E-state index is -0.202. The summed E-state index contributed by atoms with van der Waals surface area (Å²) < 4.78 is 5.35. The smallest absolute Gasteiger partial charge is 0.410 e. The van der Waals surface area contributed by atoms with Crippen molar-refractivity contribution in [2.24, 2.45) is 0 Å². The fraction of sp³-hybridized carbons (Fsp3) is 0.533. The molecule has 1 aromatic rings. The summed E-state index contributed by atoms with van der Waals surface area (Å²) in [7, 11) is 0. The first-order valence-electron chi connectivity index (χ1n) is 6.98. The van der Waals surface area contributed by atoms with Gasteiger partial charge < -0.3 is 15.0 Å². The third-order valence-corrected chi connectivity index (χ3v) is 3.38. The normalized spacial score (nSPS) is 19.2. The molecule has 0 aliphatic carbocycles. The Hall–Kier alpha value is -1.55. The average molecular weight is 262 g/mol. The molecule has 2 rings (SSSR count). The number of nitrogens with one attached hydrogen (secondary N) is 1. The van der Waals surface area contributed by atoms with E-state index in [9.17, 15) is 4.79 Å². The monoisotopic (exact) mass is 262 g/mol. The molecule has 1 N–H and O–H groups in total. The van der Waals surface area contributed by atoms with Crippen LogP contribution in [0.5, 0.6) is 0 Å². The molecule has 0 spiro atoms. The Morgan fingerprint density at radius 3 is 2.95 bits per heavy atom. The summed E-state index contributed by atoms with van der Waals surface area (Å²) in [5.74, 6) is 0. The summed E-state index contributed by atoms with van der Waals surface area (Å²) in [6, 6.07) is 10.2. The maximum Gasteiger partial charge on any atom is 0.410 e. The number of carbonyl (C=O) groups is 1. The molecule has 0 radical (unpaired) electrons. The van der Waals surface area contributed by atoms with E-state index in [2.05, 4.69) is 12.2 Å². The van der Waals surface area contributed by atoms with Crippen LogP contribution in [0.25, 0.3) is 0 Å². The predicted octanol–water partition coefficient (Wildman–Crippen LogP) is 2.40. The van der Waals surface area contributed by atoms with Crippen LogP contribution in [0.1, 0.15) is 25.3 Å². The largest absolute Gasteiger partial charge is 0.445 e. The van der Waals surface area contributed by atoms with Gasteiger partial charge in [0.25, 0.3) is 0 Å². The Kier molecular flexibility index (Phi) is 5.21. The number of likely N-dealkylation sites (N-methyl/N-ethyl adjacent to an activating group) is 1. The summed E-state index contributed by atoms with van der Waals surface area (Å²) in [6.45, 7) is 4.93. The van der Waals surface area contributed by atoms with Gasteiger partial charge in [-0.1, -0.05) is 37.3 Å². The maximum absolute atomic E-state index is 12.0. The summed E-state index contributed by atoms with van der Waals surface area (Å²) >= 11 is 0. The Bertz CT molecular complexity index is 392. The van der Waals surface area contributed by atoms with E-state index in [1.54, 1.807) is 4.90 Å². The lowest BCUT2D eigenvalue weighted by Gasteiger charge is -2.32. The van der Waals surface area contributed by atoms with Crippen molar-refractivity contribution in [3.8, 4) is 0 Å². The van der Waals surface area contributed by atoms with Crippen molar-refractivity contribution < 1.29 is 9.53 Å². The molecule has 0 bridgehead atoms. The van der Waals surface area contributed by atoms with Crippen LogP contribution < -0.4 is 5.32 Å². The summed E-state index contributed by atoms with van der Waals surface area (Å²) in [5.41, 5.74) is 1.02. The molecule has 19 heavy (non-hydrogen) atoms. The molecule has 1 heterocycles. The van der Waals surface area contributed by atoms with Gasteiger partial charge in [-0.15, -0.1) is 0 Å². The molecular formula is C15H22N2O2. The van der Waals surface area contributed by atoms with Crippen molar-refractivity contribution in [3.63, 3.8) is 0 Å². The van der Waals surface area contributed by atoms with Crippen LogP contribution >= 0.6 is 0 Å². The van der Waals surface area contributed by atoms with E-state index in [-0.39, 0.29) is 6.09 Å². The number of rotatable bonds is 4. The number of ether oxygens (including phenoxy) is 1. The van der Waals surface area contributed by atoms with Crippen LogP contribution in [-0.2, 0) is 11.3 Å². The van der Waals surface area contributed by atoms with Gasteiger partial charge in [0.2, 0.25) is 0 Å². The number of benzene rings is 1. The Balaban J connectivity index is 1.79. The quantitative estimate of drug-likeness (QED) is 0.906.